The fourth-order valence-corrected chi connectivity index (χ4v) is 1.90. The second-order valence-corrected chi connectivity index (χ2v) is 5.84. The van der Waals surface area contributed by atoms with Crippen molar-refractivity contribution in [1.29, 1.82) is 0 Å². The van der Waals surface area contributed by atoms with E-state index in [1.54, 1.807) is 6.92 Å². The van der Waals surface area contributed by atoms with E-state index in [0.717, 1.165) is 12.5 Å². The highest BCUT2D eigenvalue weighted by Crippen LogP contribution is 2.20. The molecule has 122 valence electrons. The van der Waals surface area contributed by atoms with E-state index in [2.05, 4.69) is 10.6 Å². The van der Waals surface area contributed by atoms with Gasteiger partial charge in [0.15, 0.2) is 0 Å². The van der Waals surface area contributed by atoms with Crippen LogP contribution in [0.4, 0.5) is 10.1 Å². The second-order valence-electron chi connectivity index (χ2n) is 5.43. The van der Waals surface area contributed by atoms with Gasteiger partial charge in [-0.25, -0.2) is 4.39 Å². The lowest BCUT2D eigenvalue weighted by atomic mass is 9.89. The van der Waals surface area contributed by atoms with E-state index >= 15 is 0 Å². The minimum Gasteiger partial charge on any atom is -0.388 e. The Morgan fingerprint density at radius 2 is 2.05 bits per heavy atom. The normalized spacial score (nSPS) is 14.8. The third kappa shape index (κ3) is 4.96. The summed E-state index contributed by atoms with van der Waals surface area (Å²) >= 11 is 5.59. The molecule has 22 heavy (non-hydrogen) atoms. The summed E-state index contributed by atoms with van der Waals surface area (Å²) in [6.07, 6.45) is 0.739. The maximum Gasteiger partial charge on any atom is 0.313 e. The summed E-state index contributed by atoms with van der Waals surface area (Å²) < 4.78 is 13.0. The monoisotopic (exact) mass is 330 g/mol. The van der Waals surface area contributed by atoms with Crippen LogP contribution in [0.1, 0.15) is 27.2 Å². The van der Waals surface area contributed by atoms with Gasteiger partial charge in [-0.3, -0.25) is 9.59 Å². The minimum atomic E-state index is -1.11. The second kappa shape index (κ2) is 7.56. The molecule has 5 nitrogen and oxygen atoms in total. The van der Waals surface area contributed by atoms with E-state index in [9.17, 15) is 19.1 Å². The molecule has 1 aromatic rings. The van der Waals surface area contributed by atoms with Gasteiger partial charge in [0.2, 0.25) is 0 Å². The molecule has 2 amide bonds. The van der Waals surface area contributed by atoms with Crippen LogP contribution in [0.3, 0.4) is 0 Å². The molecule has 1 rings (SSSR count). The Morgan fingerprint density at radius 3 is 2.59 bits per heavy atom. The molecule has 2 atom stereocenters. The van der Waals surface area contributed by atoms with Crippen molar-refractivity contribution < 1.29 is 19.1 Å². The molecule has 0 aliphatic heterocycles. The fraction of sp³-hybridized carbons (Fsp3) is 0.467. The zero-order valence-electron chi connectivity index (χ0n) is 12.7. The molecule has 0 aliphatic rings. The van der Waals surface area contributed by atoms with Crippen molar-refractivity contribution in [1.82, 2.24) is 5.32 Å². The first-order valence-electron chi connectivity index (χ1n) is 6.94. The number of aliphatic hydroxyl groups is 1. The van der Waals surface area contributed by atoms with Crippen molar-refractivity contribution in [3.05, 3.63) is 29.0 Å². The molecule has 0 heterocycles. The van der Waals surface area contributed by atoms with Gasteiger partial charge >= 0.3 is 11.8 Å². The molecule has 0 saturated heterocycles. The molecular weight excluding hydrogens is 311 g/mol. The van der Waals surface area contributed by atoms with Gasteiger partial charge < -0.3 is 15.7 Å². The van der Waals surface area contributed by atoms with Crippen molar-refractivity contribution >= 4 is 29.1 Å². The Bertz CT molecular complexity index is 564. The van der Waals surface area contributed by atoms with Crippen molar-refractivity contribution in [2.45, 2.75) is 32.8 Å². The van der Waals surface area contributed by atoms with Crippen LogP contribution in [-0.4, -0.2) is 29.1 Å². The average molecular weight is 331 g/mol. The first-order valence-corrected chi connectivity index (χ1v) is 7.31. The number of hydrogen-bond acceptors (Lipinski definition) is 3. The summed E-state index contributed by atoms with van der Waals surface area (Å²) in [5.41, 5.74) is -0.899. The van der Waals surface area contributed by atoms with E-state index in [-0.39, 0.29) is 23.2 Å². The number of amides is 2. The van der Waals surface area contributed by atoms with Crippen LogP contribution in [0.2, 0.25) is 5.02 Å². The molecule has 0 saturated carbocycles. The largest absolute Gasteiger partial charge is 0.388 e. The van der Waals surface area contributed by atoms with Crippen LogP contribution in [0.25, 0.3) is 0 Å². The zero-order valence-corrected chi connectivity index (χ0v) is 13.5. The third-order valence-electron chi connectivity index (χ3n) is 3.66. The number of halogens is 2. The van der Waals surface area contributed by atoms with Gasteiger partial charge in [-0.15, -0.1) is 0 Å². The molecule has 1 aromatic carbocycles. The SMILES string of the molecule is CC[C@@H](C)[C@@](C)(O)CNC(=O)C(=O)Nc1ccc(F)c(Cl)c1. The Labute approximate surface area is 133 Å². The van der Waals surface area contributed by atoms with Crippen molar-refractivity contribution in [3.8, 4) is 0 Å². The summed E-state index contributed by atoms with van der Waals surface area (Å²) in [6.45, 7) is 5.33. The van der Waals surface area contributed by atoms with Gasteiger partial charge in [-0.1, -0.05) is 31.9 Å². The summed E-state index contributed by atoms with van der Waals surface area (Å²) in [4.78, 5) is 23.4. The minimum absolute atomic E-state index is 0.0354. The maximum absolute atomic E-state index is 13.0. The summed E-state index contributed by atoms with van der Waals surface area (Å²) in [5, 5.41) is 14.7. The van der Waals surface area contributed by atoms with E-state index in [1.165, 1.54) is 12.1 Å². The Balaban J connectivity index is 2.59. The molecule has 0 spiro atoms. The van der Waals surface area contributed by atoms with Crippen LogP contribution in [-0.2, 0) is 9.59 Å². The molecule has 0 aliphatic carbocycles. The summed E-state index contributed by atoms with van der Waals surface area (Å²) in [7, 11) is 0. The van der Waals surface area contributed by atoms with E-state index in [1.807, 2.05) is 13.8 Å². The van der Waals surface area contributed by atoms with E-state index in [4.69, 9.17) is 11.6 Å². The number of hydrogen-bond donors (Lipinski definition) is 3. The van der Waals surface area contributed by atoms with Crippen LogP contribution in [0.5, 0.6) is 0 Å². The number of benzene rings is 1. The lowest BCUT2D eigenvalue weighted by Crippen LogP contribution is -2.47. The predicted octanol–water partition coefficient (Wildman–Crippen LogP) is 2.33. The van der Waals surface area contributed by atoms with Gasteiger partial charge in [-0.05, 0) is 31.0 Å². The van der Waals surface area contributed by atoms with Gasteiger partial charge in [-0.2, -0.15) is 0 Å². The lowest BCUT2D eigenvalue weighted by Gasteiger charge is -2.29. The van der Waals surface area contributed by atoms with Crippen LogP contribution in [0.15, 0.2) is 18.2 Å². The van der Waals surface area contributed by atoms with Crippen LogP contribution >= 0.6 is 11.6 Å². The molecule has 3 N–H and O–H groups in total. The Kier molecular flexibility index (Phi) is 6.32. The highest BCUT2D eigenvalue weighted by molar-refractivity contribution is 6.39. The Morgan fingerprint density at radius 1 is 1.41 bits per heavy atom. The smallest absolute Gasteiger partial charge is 0.313 e. The maximum atomic E-state index is 13.0. The quantitative estimate of drug-likeness (QED) is 0.725. The Hall–Kier alpha value is -1.66. The molecular formula is C15H20ClFN2O3. The lowest BCUT2D eigenvalue weighted by molar-refractivity contribution is -0.137. The highest BCUT2D eigenvalue weighted by Gasteiger charge is 2.28. The van der Waals surface area contributed by atoms with E-state index in [0.29, 0.717) is 0 Å². The number of carbonyl (C=O) groups is 2. The third-order valence-corrected chi connectivity index (χ3v) is 3.95. The topological polar surface area (TPSA) is 78.4 Å². The molecule has 0 radical (unpaired) electrons. The number of nitrogens with one attached hydrogen (secondary N) is 2. The van der Waals surface area contributed by atoms with Crippen LogP contribution < -0.4 is 10.6 Å². The zero-order chi connectivity index (χ0) is 16.9. The summed E-state index contributed by atoms with van der Waals surface area (Å²) in [5.74, 6) is -2.45. The molecule has 0 unspecified atom stereocenters. The highest BCUT2D eigenvalue weighted by atomic mass is 35.5. The van der Waals surface area contributed by atoms with Gasteiger partial charge in [0.25, 0.3) is 0 Å². The molecule has 0 aromatic heterocycles. The van der Waals surface area contributed by atoms with Gasteiger partial charge in [0.1, 0.15) is 5.82 Å². The molecule has 7 heteroatoms. The van der Waals surface area contributed by atoms with Gasteiger partial charge in [0, 0.05) is 12.2 Å². The standard InChI is InChI=1S/C15H20ClFN2O3/c1-4-9(2)15(3,22)8-18-13(20)14(21)19-10-5-6-12(17)11(16)7-10/h5-7,9,22H,4,8H2,1-3H3,(H,18,20)(H,19,21)/t9-,15+/m1/s1. The average Bonchev–Trinajstić information content (AvgIpc) is 2.47. The first-order chi connectivity index (χ1) is 10.2. The van der Waals surface area contributed by atoms with Crippen LogP contribution in [0, 0.1) is 11.7 Å². The van der Waals surface area contributed by atoms with Crippen molar-refractivity contribution in [2.24, 2.45) is 5.92 Å². The predicted molar refractivity (Wildman–Crippen MR) is 83.1 cm³/mol. The fourth-order valence-electron chi connectivity index (χ4n) is 1.72. The number of carbonyl (C=O) groups excluding carboxylic acids is 2. The van der Waals surface area contributed by atoms with Crippen molar-refractivity contribution in [2.75, 3.05) is 11.9 Å². The number of rotatable bonds is 5. The van der Waals surface area contributed by atoms with Crippen molar-refractivity contribution in [3.63, 3.8) is 0 Å². The number of anilines is 1. The molecule has 0 fully saturated rings. The summed E-state index contributed by atoms with van der Waals surface area (Å²) in [6, 6.07) is 3.59. The molecule has 0 bridgehead atoms. The van der Waals surface area contributed by atoms with E-state index < -0.39 is 23.2 Å². The first kappa shape index (κ1) is 18.4. The van der Waals surface area contributed by atoms with Gasteiger partial charge in [0.05, 0.1) is 10.6 Å².